The molecule has 1 spiro atoms. The molecule has 32 heavy (non-hydrogen) atoms. The van der Waals surface area contributed by atoms with Crippen LogP contribution in [-0.2, 0) is 13.9 Å². The molecule has 0 radical (unpaired) electrons. The number of hydrogen-bond donors (Lipinski definition) is 1. The smallest absolute Gasteiger partial charge is 0.192 e. The van der Waals surface area contributed by atoms with Gasteiger partial charge < -0.3 is 19.0 Å². The Morgan fingerprint density at radius 1 is 1.09 bits per heavy atom. The molecule has 5 heteroatoms. The Kier molecular flexibility index (Phi) is 5.44. The van der Waals surface area contributed by atoms with Gasteiger partial charge in [0.1, 0.15) is 0 Å². The summed E-state index contributed by atoms with van der Waals surface area (Å²) in [6.07, 6.45) is 9.98. The second-order valence-electron chi connectivity index (χ2n) is 13.6. The molecule has 0 bridgehead atoms. The van der Waals surface area contributed by atoms with E-state index in [4.69, 9.17) is 13.9 Å². The van der Waals surface area contributed by atoms with E-state index < -0.39 is 14.1 Å². The Morgan fingerprint density at radius 3 is 2.44 bits per heavy atom. The van der Waals surface area contributed by atoms with E-state index in [9.17, 15) is 5.11 Å². The molecule has 0 aromatic heterocycles. The van der Waals surface area contributed by atoms with Crippen LogP contribution in [0.2, 0.25) is 18.1 Å². The first-order chi connectivity index (χ1) is 14.8. The van der Waals surface area contributed by atoms with Crippen LogP contribution < -0.4 is 0 Å². The van der Waals surface area contributed by atoms with Crippen LogP contribution in [0, 0.1) is 28.6 Å². The van der Waals surface area contributed by atoms with Crippen LogP contribution in [0.15, 0.2) is 11.6 Å². The van der Waals surface area contributed by atoms with Crippen molar-refractivity contribution < 1.29 is 19.0 Å². The number of rotatable bonds is 2. The Labute approximate surface area is 196 Å². The summed E-state index contributed by atoms with van der Waals surface area (Å²) in [5, 5.41) is 11.9. The molecule has 0 aromatic carbocycles. The molecule has 1 saturated heterocycles. The van der Waals surface area contributed by atoms with Crippen molar-refractivity contribution in [3.8, 4) is 0 Å². The second kappa shape index (κ2) is 7.40. The van der Waals surface area contributed by atoms with Crippen molar-refractivity contribution in [2.45, 2.75) is 116 Å². The highest BCUT2D eigenvalue weighted by molar-refractivity contribution is 6.74. The van der Waals surface area contributed by atoms with Crippen LogP contribution in [0.1, 0.15) is 79.6 Å². The third kappa shape index (κ3) is 3.21. The zero-order valence-electron chi connectivity index (χ0n) is 21.5. The van der Waals surface area contributed by atoms with Gasteiger partial charge in [0.25, 0.3) is 0 Å². The third-order valence-electron chi connectivity index (χ3n) is 11.1. The number of hydrogen-bond acceptors (Lipinski definition) is 4. The fraction of sp³-hybridized carbons (Fsp3) is 0.926. The van der Waals surface area contributed by atoms with Gasteiger partial charge in [-0.15, -0.1) is 0 Å². The number of fused-ring (bicyclic) bond motifs is 6. The molecule has 1 aliphatic heterocycles. The first-order valence-corrected chi connectivity index (χ1v) is 16.1. The number of allylic oxidation sites excluding steroid dienone is 1. The molecule has 1 N–H and O–H groups in total. The number of ether oxygens (including phenoxy) is 2. The number of aliphatic hydroxyl groups excluding tert-OH is 1. The predicted octanol–water partition coefficient (Wildman–Crippen LogP) is 6.05. The van der Waals surface area contributed by atoms with E-state index in [2.05, 4.69) is 53.8 Å². The van der Waals surface area contributed by atoms with Crippen molar-refractivity contribution in [2.75, 3.05) is 13.2 Å². The van der Waals surface area contributed by atoms with Gasteiger partial charge in [-0.3, -0.25) is 0 Å². The SMILES string of the molecule is CC(C)(C)[Si](C)(C)O[C@H]1CC[C@@]2(C)C(=CCC3C2[C@@H](O)C[C@@]2(C)C3CCC23OCCO3)C1. The number of aliphatic hydroxyl groups is 1. The van der Waals surface area contributed by atoms with Crippen molar-refractivity contribution in [3.05, 3.63) is 11.6 Å². The van der Waals surface area contributed by atoms with Crippen LogP contribution in [-0.4, -0.2) is 44.6 Å². The van der Waals surface area contributed by atoms with Crippen molar-refractivity contribution in [3.63, 3.8) is 0 Å². The minimum atomic E-state index is -1.77. The van der Waals surface area contributed by atoms with E-state index in [1.54, 1.807) is 5.57 Å². The van der Waals surface area contributed by atoms with Gasteiger partial charge in [-0.2, -0.15) is 0 Å². The average Bonchev–Trinajstić information content (AvgIpc) is 3.27. The molecule has 4 fully saturated rings. The molecular weight excluding hydrogens is 416 g/mol. The first kappa shape index (κ1) is 23.5. The Morgan fingerprint density at radius 2 is 1.78 bits per heavy atom. The normalized spacial score (nSPS) is 45.9. The highest BCUT2D eigenvalue weighted by Crippen LogP contribution is 2.68. The van der Waals surface area contributed by atoms with Gasteiger partial charge in [-0.25, -0.2) is 0 Å². The lowest BCUT2D eigenvalue weighted by molar-refractivity contribution is -0.256. The maximum absolute atomic E-state index is 11.7. The summed E-state index contributed by atoms with van der Waals surface area (Å²) in [4.78, 5) is 0. The maximum Gasteiger partial charge on any atom is 0.192 e. The summed E-state index contributed by atoms with van der Waals surface area (Å²) in [5.74, 6) is 1.00. The summed E-state index contributed by atoms with van der Waals surface area (Å²) >= 11 is 0. The van der Waals surface area contributed by atoms with E-state index in [1.165, 1.54) is 6.42 Å². The largest absolute Gasteiger partial charge is 0.414 e. The summed E-state index contributed by atoms with van der Waals surface area (Å²) < 4.78 is 19.4. The molecule has 7 atom stereocenters. The Hall–Kier alpha value is -0.203. The minimum Gasteiger partial charge on any atom is -0.414 e. The van der Waals surface area contributed by atoms with Crippen molar-refractivity contribution in [1.82, 2.24) is 0 Å². The molecule has 3 unspecified atom stereocenters. The molecule has 5 aliphatic rings. The molecule has 0 aromatic rings. The predicted molar refractivity (Wildman–Crippen MR) is 130 cm³/mol. The van der Waals surface area contributed by atoms with Gasteiger partial charge in [0.2, 0.25) is 0 Å². The molecule has 3 saturated carbocycles. The van der Waals surface area contributed by atoms with Gasteiger partial charge in [0.15, 0.2) is 14.1 Å². The standard InChI is InChI=1S/C27H46O4Si/c1-24(2,3)32(6,7)31-19-10-12-25(4)18(16-19)8-9-20-21-11-13-27(29-14-15-30-27)26(21,5)17-22(28)23(20)25/h8,19-23,28H,9-17H2,1-7H3/t19-,20?,21?,22-,23?,25-,26-/m0/s1. The highest BCUT2D eigenvalue weighted by Gasteiger charge is 2.68. The van der Waals surface area contributed by atoms with Crippen LogP contribution in [0.5, 0.6) is 0 Å². The van der Waals surface area contributed by atoms with Crippen molar-refractivity contribution in [1.29, 1.82) is 0 Å². The first-order valence-electron chi connectivity index (χ1n) is 13.2. The van der Waals surface area contributed by atoms with Crippen LogP contribution in [0.3, 0.4) is 0 Å². The van der Waals surface area contributed by atoms with Gasteiger partial charge in [0, 0.05) is 17.9 Å². The fourth-order valence-corrected chi connectivity index (χ4v) is 9.72. The molecular formula is C27H46O4Si. The average molecular weight is 463 g/mol. The van der Waals surface area contributed by atoms with Gasteiger partial charge in [-0.1, -0.05) is 46.3 Å². The van der Waals surface area contributed by atoms with Gasteiger partial charge >= 0.3 is 0 Å². The molecule has 5 rings (SSSR count). The van der Waals surface area contributed by atoms with E-state index in [1.807, 2.05) is 0 Å². The summed E-state index contributed by atoms with van der Waals surface area (Å²) in [7, 11) is -1.77. The molecule has 4 aliphatic carbocycles. The van der Waals surface area contributed by atoms with E-state index in [0.717, 1.165) is 38.5 Å². The van der Waals surface area contributed by atoms with Gasteiger partial charge in [0.05, 0.1) is 19.3 Å². The Bertz CT molecular complexity index is 779. The van der Waals surface area contributed by atoms with Crippen LogP contribution in [0.4, 0.5) is 0 Å². The summed E-state index contributed by atoms with van der Waals surface area (Å²) in [6, 6.07) is 0. The molecule has 182 valence electrons. The summed E-state index contributed by atoms with van der Waals surface area (Å²) in [5.41, 5.74) is 1.59. The minimum absolute atomic E-state index is 0.0750. The topological polar surface area (TPSA) is 47.9 Å². The van der Waals surface area contributed by atoms with E-state index in [-0.39, 0.29) is 22.0 Å². The van der Waals surface area contributed by atoms with E-state index >= 15 is 0 Å². The molecule has 0 amide bonds. The highest BCUT2D eigenvalue weighted by atomic mass is 28.4. The zero-order chi connectivity index (χ0) is 23.2. The van der Waals surface area contributed by atoms with Crippen molar-refractivity contribution in [2.24, 2.45) is 28.6 Å². The quantitative estimate of drug-likeness (QED) is 0.401. The zero-order valence-corrected chi connectivity index (χ0v) is 22.5. The lowest BCUT2D eigenvalue weighted by Gasteiger charge is -2.60. The lowest BCUT2D eigenvalue weighted by atomic mass is 9.46. The Balaban J connectivity index is 1.39. The molecule has 4 nitrogen and oxygen atoms in total. The van der Waals surface area contributed by atoms with Gasteiger partial charge in [-0.05, 0) is 79.8 Å². The monoisotopic (exact) mass is 462 g/mol. The second-order valence-corrected chi connectivity index (χ2v) is 18.4. The lowest BCUT2D eigenvalue weighted by Crippen LogP contribution is -2.60. The van der Waals surface area contributed by atoms with Crippen LogP contribution >= 0.6 is 0 Å². The molecule has 1 heterocycles. The fourth-order valence-electron chi connectivity index (χ4n) is 8.33. The third-order valence-corrected chi connectivity index (χ3v) is 15.6. The van der Waals surface area contributed by atoms with E-state index in [0.29, 0.717) is 37.1 Å². The maximum atomic E-state index is 11.7. The van der Waals surface area contributed by atoms with Crippen molar-refractivity contribution >= 4 is 8.32 Å². The van der Waals surface area contributed by atoms with Crippen LogP contribution in [0.25, 0.3) is 0 Å². The summed E-state index contributed by atoms with van der Waals surface area (Å²) in [6.45, 7) is 17.9.